The first-order valence-corrected chi connectivity index (χ1v) is 9.61. The molecule has 3 rings (SSSR count). The van der Waals surface area contributed by atoms with Crippen LogP contribution in [0.4, 0.5) is 4.79 Å². The molecule has 1 aliphatic heterocycles. The van der Waals surface area contributed by atoms with Crippen LogP contribution in [0.25, 0.3) is 0 Å². The van der Waals surface area contributed by atoms with Crippen molar-refractivity contribution in [1.29, 1.82) is 0 Å². The summed E-state index contributed by atoms with van der Waals surface area (Å²) in [5.74, 6) is -0.326. The Hall–Kier alpha value is -3.03. The van der Waals surface area contributed by atoms with Crippen molar-refractivity contribution in [3.63, 3.8) is 0 Å². The number of hydrogen-bond acceptors (Lipinski definition) is 7. The van der Waals surface area contributed by atoms with E-state index < -0.39 is 12.1 Å². The Morgan fingerprint density at radius 1 is 1.17 bits per heavy atom. The second-order valence-corrected chi connectivity index (χ2v) is 7.19. The number of allylic oxidation sites excluding steroid dienone is 1. The minimum Gasteiger partial charge on any atom is -0.493 e. The SMILES string of the molecule is CCOC(=O)c1ccc(OC2=COC3CC(OC(=O)N(C)C)CCC3C2=O)cc1. The molecule has 1 aliphatic carbocycles. The van der Waals surface area contributed by atoms with Crippen molar-refractivity contribution in [2.24, 2.45) is 5.92 Å². The van der Waals surface area contributed by atoms with Gasteiger partial charge in [-0.2, -0.15) is 0 Å². The molecule has 0 bridgehead atoms. The van der Waals surface area contributed by atoms with Crippen LogP contribution in [-0.4, -0.2) is 55.7 Å². The maximum Gasteiger partial charge on any atom is 0.409 e. The zero-order valence-corrected chi connectivity index (χ0v) is 16.8. The van der Waals surface area contributed by atoms with Crippen molar-refractivity contribution in [3.8, 4) is 5.75 Å². The van der Waals surface area contributed by atoms with Gasteiger partial charge in [0.05, 0.1) is 18.1 Å². The number of esters is 1. The van der Waals surface area contributed by atoms with Crippen molar-refractivity contribution in [1.82, 2.24) is 4.90 Å². The second-order valence-electron chi connectivity index (χ2n) is 7.19. The molecule has 1 amide bonds. The van der Waals surface area contributed by atoms with Crippen LogP contribution in [0.2, 0.25) is 0 Å². The fourth-order valence-corrected chi connectivity index (χ4v) is 3.36. The van der Waals surface area contributed by atoms with Crippen LogP contribution in [0.5, 0.6) is 5.75 Å². The van der Waals surface area contributed by atoms with Gasteiger partial charge in [-0.25, -0.2) is 9.59 Å². The van der Waals surface area contributed by atoms with Gasteiger partial charge >= 0.3 is 12.1 Å². The third-order valence-electron chi connectivity index (χ3n) is 4.90. The van der Waals surface area contributed by atoms with Crippen LogP contribution < -0.4 is 4.74 Å². The summed E-state index contributed by atoms with van der Waals surface area (Å²) >= 11 is 0. The molecule has 3 atom stereocenters. The monoisotopic (exact) mass is 403 g/mol. The summed E-state index contributed by atoms with van der Waals surface area (Å²) < 4.78 is 21.7. The number of fused-ring (bicyclic) bond motifs is 1. The molecule has 3 unspecified atom stereocenters. The highest BCUT2D eigenvalue weighted by Gasteiger charge is 2.42. The first kappa shape index (κ1) is 20.7. The lowest BCUT2D eigenvalue weighted by Gasteiger charge is -2.37. The number of carbonyl (C=O) groups excluding carboxylic acids is 3. The van der Waals surface area contributed by atoms with Crippen molar-refractivity contribution in [2.45, 2.75) is 38.4 Å². The van der Waals surface area contributed by atoms with Gasteiger partial charge in [0.1, 0.15) is 24.2 Å². The maximum atomic E-state index is 12.8. The molecule has 1 fully saturated rings. The van der Waals surface area contributed by atoms with E-state index >= 15 is 0 Å². The van der Waals surface area contributed by atoms with E-state index in [0.717, 1.165) is 0 Å². The zero-order valence-electron chi connectivity index (χ0n) is 16.8. The predicted molar refractivity (Wildman–Crippen MR) is 102 cm³/mol. The number of ketones is 1. The highest BCUT2D eigenvalue weighted by molar-refractivity contribution is 5.96. The number of amides is 1. The van der Waals surface area contributed by atoms with Gasteiger partial charge in [0.2, 0.25) is 11.5 Å². The number of ether oxygens (including phenoxy) is 4. The third kappa shape index (κ3) is 4.88. The Morgan fingerprint density at radius 3 is 2.55 bits per heavy atom. The van der Waals surface area contributed by atoms with Gasteiger partial charge in [-0.3, -0.25) is 4.79 Å². The maximum absolute atomic E-state index is 12.8. The van der Waals surface area contributed by atoms with Crippen LogP contribution in [0.1, 0.15) is 36.5 Å². The van der Waals surface area contributed by atoms with E-state index in [0.29, 0.717) is 37.2 Å². The average Bonchev–Trinajstić information content (AvgIpc) is 2.70. The highest BCUT2D eigenvalue weighted by atomic mass is 16.6. The Kier molecular flexibility index (Phi) is 6.41. The molecular formula is C21H25NO7. The number of hydrogen-bond donors (Lipinski definition) is 0. The van der Waals surface area contributed by atoms with Gasteiger partial charge in [-0.05, 0) is 44.0 Å². The molecule has 1 aromatic carbocycles. The van der Waals surface area contributed by atoms with E-state index in [4.69, 9.17) is 18.9 Å². The Bertz CT molecular complexity index is 800. The molecule has 156 valence electrons. The van der Waals surface area contributed by atoms with E-state index in [1.165, 1.54) is 11.2 Å². The fraction of sp³-hybridized carbons (Fsp3) is 0.476. The van der Waals surface area contributed by atoms with Gasteiger partial charge in [0.25, 0.3) is 0 Å². The molecular weight excluding hydrogens is 378 g/mol. The molecule has 0 spiro atoms. The van der Waals surface area contributed by atoms with E-state index in [1.54, 1.807) is 45.3 Å². The van der Waals surface area contributed by atoms with Crippen molar-refractivity contribution in [2.75, 3.05) is 20.7 Å². The predicted octanol–water partition coefficient (Wildman–Crippen LogP) is 2.92. The summed E-state index contributed by atoms with van der Waals surface area (Å²) in [6, 6.07) is 6.36. The average molecular weight is 403 g/mol. The Balaban J connectivity index is 1.61. The van der Waals surface area contributed by atoms with E-state index in [2.05, 4.69) is 0 Å². The zero-order chi connectivity index (χ0) is 21.0. The topological polar surface area (TPSA) is 91.4 Å². The van der Waals surface area contributed by atoms with E-state index in [-0.39, 0.29) is 29.7 Å². The first-order valence-electron chi connectivity index (χ1n) is 9.61. The van der Waals surface area contributed by atoms with Crippen molar-refractivity contribution >= 4 is 17.8 Å². The molecule has 8 heteroatoms. The molecule has 1 heterocycles. The Labute approximate surface area is 169 Å². The van der Waals surface area contributed by atoms with Crippen LogP contribution in [0, 0.1) is 5.92 Å². The van der Waals surface area contributed by atoms with Crippen molar-refractivity contribution in [3.05, 3.63) is 41.9 Å². The van der Waals surface area contributed by atoms with Crippen LogP contribution in [-0.2, 0) is 19.0 Å². The number of carbonyl (C=O) groups is 3. The highest BCUT2D eigenvalue weighted by Crippen LogP contribution is 2.35. The lowest BCUT2D eigenvalue weighted by Crippen LogP contribution is -2.43. The summed E-state index contributed by atoms with van der Waals surface area (Å²) in [6.45, 7) is 2.04. The lowest BCUT2D eigenvalue weighted by atomic mass is 9.80. The summed E-state index contributed by atoms with van der Waals surface area (Å²) in [4.78, 5) is 37.6. The molecule has 0 N–H and O–H groups in total. The van der Waals surface area contributed by atoms with E-state index in [9.17, 15) is 14.4 Å². The molecule has 29 heavy (non-hydrogen) atoms. The van der Waals surface area contributed by atoms with Gasteiger partial charge in [-0.1, -0.05) is 0 Å². The number of Topliss-reactive ketones (excluding diaryl/α,β-unsaturated/α-hetero) is 1. The molecule has 2 aliphatic rings. The minimum atomic E-state index is -0.412. The van der Waals surface area contributed by atoms with Gasteiger partial charge in [-0.15, -0.1) is 0 Å². The molecule has 8 nitrogen and oxygen atoms in total. The fourth-order valence-electron chi connectivity index (χ4n) is 3.36. The smallest absolute Gasteiger partial charge is 0.409 e. The van der Waals surface area contributed by atoms with Crippen LogP contribution in [0.15, 0.2) is 36.3 Å². The summed E-state index contributed by atoms with van der Waals surface area (Å²) in [5, 5.41) is 0. The van der Waals surface area contributed by atoms with Crippen molar-refractivity contribution < 1.29 is 33.3 Å². The number of nitrogens with zero attached hydrogens (tertiary/aromatic N) is 1. The number of rotatable bonds is 5. The third-order valence-corrected chi connectivity index (χ3v) is 4.90. The summed E-state index contributed by atoms with van der Waals surface area (Å²) in [7, 11) is 3.25. The Morgan fingerprint density at radius 2 is 1.90 bits per heavy atom. The molecule has 0 aromatic heterocycles. The molecule has 0 saturated heterocycles. The normalized spacial score (nSPS) is 23.2. The summed E-state index contributed by atoms with van der Waals surface area (Å²) in [6.07, 6.45) is 1.92. The standard InChI is InChI=1S/C21H25NO7/c1-4-26-20(24)13-5-7-14(8-6-13)28-18-12-27-17-11-15(29-21(25)22(2)3)9-10-16(17)19(18)23/h5-8,12,15-17H,4,9-11H2,1-3H3. The number of benzene rings is 1. The quantitative estimate of drug-likeness (QED) is 0.698. The lowest BCUT2D eigenvalue weighted by molar-refractivity contribution is -0.132. The minimum absolute atomic E-state index is 0.124. The van der Waals surface area contributed by atoms with Gasteiger partial charge in [0.15, 0.2) is 0 Å². The van der Waals surface area contributed by atoms with Gasteiger partial charge in [0, 0.05) is 20.5 Å². The molecule has 0 radical (unpaired) electrons. The summed E-state index contributed by atoms with van der Waals surface area (Å²) in [5.41, 5.74) is 0.407. The van der Waals surface area contributed by atoms with Crippen LogP contribution >= 0.6 is 0 Å². The molecule has 1 aromatic rings. The largest absolute Gasteiger partial charge is 0.493 e. The first-order chi connectivity index (χ1) is 13.9. The van der Waals surface area contributed by atoms with Gasteiger partial charge < -0.3 is 23.8 Å². The van der Waals surface area contributed by atoms with E-state index in [1.807, 2.05) is 0 Å². The second kappa shape index (κ2) is 8.98. The molecule has 1 saturated carbocycles. The van der Waals surface area contributed by atoms with Crippen LogP contribution in [0.3, 0.4) is 0 Å².